The summed E-state index contributed by atoms with van der Waals surface area (Å²) >= 11 is 0. The van der Waals surface area contributed by atoms with E-state index in [4.69, 9.17) is 4.52 Å². The molecule has 1 aliphatic rings. The number of aromatic nitrogens is 4. The average Bonchev–Trinajstić information content (AvgIpc) is 3.14. The molecule has 1 fully saturated rings. The first-order valence-corrected chi connectivity index (χ1v) is 7.49. The topological polar surface area (TPSA) is 74.1 Å². The fourth-order valence-electron chi connectivity index (χ4n) is 2.80. The summed E-state index contributed by atoms with van der Waals surface area (Å²) in [5.41, 5.74) is 2.10. The minimum Gasteiger partial charge on any atom is -0.340 e. The maximum atomic E-state index is 5.18. The van der Waals surface area contributed by atoms with Crippen LogP contribution in [0, 0.1) is 6.92 Å². The van der Waals surface area contributed by atoms with E-state index in [2.05, 4.69) is 36.0 Å². The highest BCUT2D eigenvalue weighted by Gasteiger charge is 2.21. The third-order valence-electron chi connectivity index (χ3n) is 3.98. The van der Waals surface area contributed by atoms with Gasteiger partial charge in [0.25, 0.3) is 0 Å². The number of benzene rings is 1. The first-order valence-electron chi connectivity index (χ1n) is 7.49. The van der Waals surface area contributed by atoms with Gasteiger partial charge in [0, 0.05) is 26.2 Å². The number of imidazole rings is 1. The summed E-state index contributed by atoms with van der Waals surface area (Å²) in [6.45, 7) is 6.35. The highest BCUT2D eigenvalue weighted by molar-refractivity contribution is 5.77. The fraction of sp³-hybridized carbons (Fsp3) is 0.400. The number of anilines is 1. The molecule has 7 heteroatoms. The van der Waals surface area contributed by atoms with Crippen molar-refractivity contribution in [1.82, 2.24) is 25.0 Å². The van der Waals surface area contributed by atoms with Gasteiger partial charge in [0.1, 0.15) is 0 Å². The van der Waals surface area contributed by atoms with E-state index >= 15 is 0 Å². The Morgan fingerprint density at radius 3 is 2.68 bits per heavy atom. The molecule has 3 aromatic rings. The Hall–Kier alpha value is -2.41. The molecule has 22 heavy (non-hydrogen) atoms. The van der Waals surface area contributed by atoms with Gasteiger partial charge in [-0.1, -0.05) is 17.3 Å². The van der Waals surface area contributed by atoms with Crippen molar-refractivity contribution in [2.75, 3.05) is 31.1 Å². The van der Waals surface area contributed by atoms with E-state index in [1.807, 2.05) is 25.1 Å². The second kappa shape index (κ2) is 5.42. The summed E-state index contributed by atoms with van der Waals surface area (Å²) in [6.07, 6.45) is 0. The van der Waals surface area contributed by atoms with Gasteiger partial charge in [0.05, 0.1) is 17.6 Å². The maximum absolute atomic E-state index is 5.18. The maximum Gasteiger partial charge on any atom is 0.240 e. The van der Waals surface area contributed by atoms with Gasteiger partial charge in [0.15, 0.2) is 5.82 Å². The van der Waals surface area contributed by atoms with E-state index < -0.39 is 0 Å². The largest absolute Gasteiger partial charge is 0.340 e. The number of piperazine rings is 1. The van der Waals surface area contributed by atoms with Crippen molar-refractivity contribution in [3.63, 3.8) is 0 Å². The zero-order valence-corrected chi connectivity index (χ0v) is 12.5. The third kappa shape index (κ3) is 2.55. The zero-order valence-electron chi connectivity index (χ0n) is 12.5. The van der Waals surface area contributed by atoms with Gasteiger partial charge in [-0.25, -0.2) is 4.98 Å². The van der Waals surface area contributed by atoms with Gasteiger partial charge in [-0.3, -0.25) is 4.90 Å². The van der Waals surface area contributed by atoms with Crippen LogP contribution < -0.4 is 4.90 Å². The zero-order chi connectivity index (χ0) is 14.9. The van der Waals surface area contributed by atoms with Crippen LogP contribution in [0.1, 0.15) is 11.7 Å². The molecule has 0 aliphatic carbocycles. The van der Waals surface area contributed by atoms with E-state index in [9.17, 15) is 0 Å². The monoisotopic (exact) mass is 298 g/mol. The van der Waals surface area contributed by atoms with Crippen molar-refractivity contribution >= 4 is 17.0 Å². The molecule has 1 N–H and O–H groups in total. The number of rotatable bonds is 3. The molecule has 1 aliphatic heterocycles. The van der Waals surface area contributed by atoms with Gasteiger partial charge in [-0.05, 0) is 19.1 Å². The number of para-hydroxylation sites is 2. The van der Waals surface area contributed by atoms with Crippen molar-refractivity contribution in [2.45, 2.75) is 13.5 Å². The number of aromatic amines is 1. The number of nitrogens with zero attached hydrogens (tertiary/aromatic N) is 5. The first kappa shape index (κ1) is 13.3. The first-order chi connectivity index (χ1) is 10.8. The summed E-state index contributed by atoms with van der Waals surface area (Å²) in [6, 6.07) is 8.12. The van der Waals surface area contributed by atoms with Crippen LogP contribution in [0.4, 0.5) is 5.95 Å². The third-order valence-corrected chi connectivity index (χ3v) is 3.98. The van der Waals surface area contributed by atoms with Crippen LogP contribution in [0.3, 0.4) is 0 Å². The molecule has 0 atom stereocenters. The van der Waals surface area contributed by atoms with Crippen molar-refractivity contribution in [3.8, 4) is 0 Å². The van der Waals surface area contributed by atoms with Crippen LogP contribution in [0.15, 0.2) is 28.8 Å². The molecule has 7 nitrogen and oxygen atoms in total. The lowest BCUT2D eigenvalue weighted by Gasteiger charge is -2.33. The molecular weight excluding hydrogens is 280 g/mol. The lowest BCUT2D eigenvalue weighted by atomic mass is 10.3. The molecule has 0 spiro atoms. The minimum atomic E-state index is 0.690. The van der Waals surface area contributed by atoms with Crippen LogP contribution in [-0.2, 0) is 6.54 Å². The number of hydrogen-bond acceptors (Lipinski definition) is 6. The molecule has 0 unspecified atom stereocenters. The molecule has 3 heterocycles. The summed E-state index contributed by atoms with van der Waals surface area (Å²) in [4.78, 5) is 16.9. The van der Waals surface area contributed by atoms with Gasteiger partial charge in [-0.2, -0.15) is 4.98 Å². The van der Waals surface area contributed by atoms with Gasteiger partial charge < -0.3 is 14.4 Å². The molecule has 0 saturated carbocycles. The number of H-pyrrole nitrogens is 1. The van der Waals surface area contributed by atoms with Gasteiger partial charge in [0.2, 0.25) is 11.8 Å². The molecule has 2 aromatic heterocycles. The van der Waals surface area contributed by atoms with E-state index in [1.54, 1.807) is 0 Å². The van der Waals surface area contributed by atoms with Crippen LogP contribution in [0.2, 0.25) is 0 Å². The van der Waals surface area contributed by atoms with Crippen molar-refractivity contribution in [2.24, 2.45) is 0 Å². The van der Waals surface area contributed by atoms with Crippen molar-refractivity contribution in [1.29, 1.82) is 0 Å². The Balaban J connectivity index is 1.40. The van der Waals surface area contributed by atoms with E-state index in [0.29, 0.717) is 11.7 Å². The van der Waals surface area contributed by atoms with E-state index in [1.165, 1.54) is 0 Å². The van der Waals surface area contributed by atoms with Crippen LogP contribution in [0.25, 0.3) is 11.0 Å². The molecule has 0 radical (unpaired) electrons. The Kier molecular flexibility index (Phi) is 3.27. The minimum absolute atomic E-state index is 0.690. The molecular formula is C15H18N6O. The molecule has 0 amide bonds. The highest BCUT2D eigenvalue weighted by atomic mass is 16.5. The number of nitrogens with one attached hydrogen (secondary N) is 1. The predicted molar refractivity (Wildman–Crippen MR) is 82.6 cm³/mol. The second-order valence-electron chi connectivity index (χ2n) is 5.58. The summed E-state index contributed by atoms with van der Waals surface area (Å²) in [7, 11) is 0. The molecule has 114 valence electrons. The fourth-order valence-corrected chi connectivity index (χ4v) is 2.80. The van der Waals surface area contributed by atoms with Gasteiger partial charge in [-0.15, -0.1) is 0 Å². The summed E-state index contributed by atoms with van der Waals surface area (Å²) < 4.78 is 5.18. The molecule has 1 aromatic carbocycles. The number of aryl methyl sites for hydroxylation is 1. The highest BCUT2D eigenvalue weighted by Crippen LogP contribution is 2.18. The average molecular weight is 298 g/mol. The van der Waals surface area contributed by atoms with E-state index in [-0.39, 0.29) is 0 Å². The molecule has 0 bridgehead atoms. The smallest absolute Gasteiger partial charge is 0.240 e. The summed E-state index contributed by atoms with van der Waals surface area (Å²) in [5.74, 6) is 2.33. The second-order valence-corrected chi connectivity index (χ2v) is 5.58. The van der Waals surface area contributed by atoms with Crippen LogP contribution in [0.5, 0.6) is 0 Å². The quantitative estimate of drug-likeness (QED) is 0.791. The van der Waals surface area contributed by atoms with E-state index in [0.717, 1.165) is 49.7 Å². The van der Waals surface area contributed by atoms with Crippen molar-refractivity contribution < 1.29 is 4.52 Å². The van der Waals surface area contributed by atoms with Crippen LogP contribution in [-0.4, -0.2) is 51.2 Å². The Morgan fingerprint density at radius 1 is 1.14 bits per heavy atom. The molecule has 1 saturated heterocycles. The lowest BCUT2D eigenvalue weighted by molar-refractivity contribution is 0.214. The van der Waals surface area contributed by atoms with Gasteiger partial charge >= 0.3 is 0 Å². The Bertz CT molecular complexity index is 738. The predicted octanol–water partition coefficient (Wildman–Crippen LogP) is 1.58. The molecule has 4 rings (SSSR count). The summed E-state index contributed by atoms with van der Waals surface area (Å²) in [5, 5.41) is 3.83. The normalized spacial score (nSPS) is 16.5. The number of hydrogen-bond donors (Lipinski definition) is 1. The van der Waals surface area contributed by atoms with Crippen molar-refractivity contribution in [3.05, 3.63) is 36.0 Å². The standard InChI is InChI=1S/C15H18N6O/c1-11-16-14(22-19-11)10-20-6-8-21(9-7-20)15-17-12-4-2-3-5-13(12)18-15/h2-5H,6-10H2,1H3,(H,17,18). The van der Waals surface area contributed by atoms with Crippen LogP contribution >= 0.6 is 0 Å². The number of fused-ring (bicyclic) bond motifs is 1. The Morgan fingerprint density at radius 2 is 1.95 bits per heavy atom. The lowest BCUT2D eigenvalue weighted by Crippen LogP contribution is -2.46. The Labute approximate surface area is 127 Å². The SMILES string of the molecule is Cc1noc(CN2CCN(c3nc4ccccc4[nH]3)CC2)n1.